The Bertz CT molecular complexity index is 856. The number of hydrogen-bond donors (Lipinski definition) is 1. The Hall–Kier alpha value is -2.57. The molecule has 1 aliphatic rings. The summed E-state index contributed by atoms with van der Waals surface area (Å²) < 4.78 is 10.4. The average Bonchev–Trinajstić information content (AvgIpc) is 3.16. The van der Waals surface area contributed by atoms with Crippen molar-refractivity contribution in [3.05, 3.63) is 59.7 Å². The van der Waals surface area contributed by atoms with Crippen molar-refractivity contribution in [2.24, 2.45) is 5.92 Å². The van der Waals surface area contributed by atoms with Gasteiger partial charge < -0.3 is 19.5 Å². The minimum Gasteiger partial charge on any atom is -0.504 e. The van der Waals surface area contributed by atoms with E-state index in [1.54, 1.807) is 20.3 Å². The highest BCUT2D eigenvalue weighted by Gasteiger charge is 2.36. The predicted octanol–water partition coefficient (Wildman–Crippen LogP) is 3.50. The van der Waals surface area contributed by atoms with Crippen molar-refractivity contribution in [3.63, 3.8) is 0 Å². The number of carbonyl (C=O) groups excluding carboxylic acids is 1. The van der Waals surface area contributed by atoms with Gasteiger partial charge in [0.25, 0.3) is 0 Å². The van der Waals surface area contributed by atoms with E-state index < -0.39 is 0 Å². The first-order valence-corrected chi connectivity index (χ1v) is 10.8. The van der Waals surface area contributed by atoms with Crippen molar-refractivity contribution in [2.75, 3.05) is 40.5 Å². The minimum atomic E-state index is 0.0334. The summed E-state index contributed by atoms with van der Waals surface area (Å²) in [6.45, 7) is 7.51. The zero-order valence-corrected chi connectivity index (χ0v) is 19.0. The Balaban J connectivity index is 1.80. The molecular weight excluding hydrogens is 392 g/mol. The smallest absolute Gasteiger partial charge is 0.248 e. The molecule has 1 aliphatic heterocycles. The number of likely N-dealkylation sites (tertiary alicyclic amines) is 1. The molecule has 1 saturated heterocycles. The quantitative estimate of drug-likeness (QED) is 0.665. The van der Waals surface area contributed by atoms with Crippen LogP contribution in [0.2, 0.25) is 0 Å². The van der Waals surface area contributed by atoms with Gasteiger partial charge in [0.05, 0.1) is 7.11 Å². The fourth-order valence-corrected chi connectivity index (χ4v) is 4.49. The third-order valence-electron chi connectivity index (χ3n) is 6.04. The third-order valence-corrected chi connectivity index (χ3v) is 6.04. The summed E-state index contributed by atoms with van der Waals surface area (Å²) >= 11 is 0. The molecule has 0 aromatic heterocycles. The van der Waals surface area contributed by atoms with Gasteiger partial charge in [0.15, 0.2) is 11.5 Å². The molecule has 31 heavy (non-hydrogen) atoms. The first kappa shape index (κ1) is 23.1. The summed E-state index contributed by atoms with van der Waals surface area (Å²) in [6.07, 6.45) is 0. The Morgan fingerprint density at radius 3 is 2.55 bits per heavy atom. The van der Waals surface area contributed by atoms with E-state index in [-0.39, 0.29) is 24.3 Å². The molecule has 0 aliphatic carbocycles. The number of ether oxygens (including phenoxy) is 2. The normalized spacial score (nSPS) is 19.0. The molecule has 2 aromatic rings. The molecule has 3 rings (SSSR count). The maximum atomic E-state index is 12.6. The van der Waals surface area contributed by atoms with Gasteiger partial charge in [-0.1, -0.05) is 36.4 Å². The molecule has 1 fully saturated rings. The van der Waals surface area contributed by atoms with E-state index in [1.807, 2.05) is 23.1 Å². The number of carbonyl (C=O) groups is 1. The topological polar surface area (TPSA) is 62.2 Å². The van der Waals surface area contributed by atoms with Crippen molar-refractivity contribution in [2.45, 2.75) is 32.4 Å². The van der Waals surface area contributed by atoms with Crippen molar-refractivity contribution >= 4 is 5.91 Å². The van der Waals surface area contributed by atoms with Crippen molar-refractivity contribution < 1.29 is 19.4 Å². The van der Waals surface area contributed by atoms with Crippen LogP contribution in [0.3, 0.4) is 0 Å². The lowest BCUT2D eigenvalue weighted by Gasteiger charge is -2.31. The number of methoxy groups -OCH3 is 2. The Kier molecular flexibility index (Phi) is 7.93. The fourth-order valence-electron chi connectivity index (χ4n) is 4.49. The van der Waals surface area contributed by atoms with Crippen molar-refractivity contribution in [3.8, 4) is 11.5 Å². The monoisotopic (exact) mass is 426 g/mol. The number of phenolic OH excluding ortho intramolecular Hbond substituents is 1. The Morgan fingerprint density at radius 2 is 1.90 bits per heavy atom. The molecule has 0 radical (unpaired) electrons. The molecule has 0 bridgehead atoms. The minimum absolute atomic E-state index is 0.0334. The third kappa shape index (κ3) is 5.77. The van der Waals surface area contributed by atoms with Crippen LogP contribution in [0.5, 0.6) is 11.5 Å². The van der Waals surface area contributed by atoms with Crippen LogP contribution in [0, 0.1) is 5.92 Å². The number of hydrogen-bond acceptors (Lipinski definition) is 5. The SMILES string of the molecule is COCC(=O)N(CC1CN(Cc2ccc(O)c(OC)c2)CC1c1ccccc1)C(C)C. The van der Waals surface area contributed by atoms with E-state index in [0.29, 0.717) is 24.1 Å². The van der Waals surface area contributed by atoms with Crippen LogP contribution in [-0.4, -0.2) is 67.3 Å². The summed E-state index contributed by atoms with van der Waals surface area (Å²) in [5, 5.41) is 9.89. The van der Waals surface area contributed by atoms with Gasteiger partial charge in [-0.25, -0.2) is 0 Å². The zero-order valence-electron chi connectivity index (χ0n) is 19.0. The van der Waals surface area contributed by atoms with E-state index in [4.69, 9.17) is 9.47 Å². The second-order valence-electron chi connectivity index (χ2n) is 8.55. The van der Waals surface area contributed by atoms with Gasteiger partial charge in [0.2, 0.25) is 5.91 Å². The summed E-state index contributed by atoms with van der Waals surface area (Å²) in [4.78, 5) is 17.0. The Morgan fingerprint density at radius 1 is 1.16 bits per heavy atom. The second-order valence-corrected chi connectivity index (χ2v) is 8.55. The summed E-state index contributed by atoms with van der Waals surface area (Å²) in [5.74, 6) is 1.34. The van der Waals surface area contributed by atoms with E-state index in [1.165, 1.54) is 5.56 Å². The van der Waals surface area contributed by atoms with Crippen LogP contribution in [-0.2, 0) is 16.1 Å². The standard InChI is InChI=1S/C25H34N2O4/c1-18(2)27(25(29)17-30-3)15-21-14-26(16-22(21)20-8-6-5-7-9-20)13-19-10-11-23(28)24(12-19)31-4/h5-12,18,21-22,28H,13-17H2,1-4H3. The molecule has 0 spiro atoms. The van der Waals surface area contributed by atoms with Crippen LogP contribution in [0.4, 0.5) is 0 Å². The van der Waals surface area contributed by atoms with Gasteiger partial charge >= 0.3 is 0 Å². The van der Waals surface area contributed by atoms with Crippen LogP contribution in [0.1, 0.15) is 30.9 Å². The van der Waals surface area contributed by atoms with Gasteiger partial charge in [-0.3, -0.25) is 9.69 Å². The molecule has 1 amide bonds. The average molecular weight is 427 g/mol. The van der Waals surface area contributed by atoms with E-state index in [0.717, 1.165) is 25.2 Å². The second kappa shape index (κ2) is 10.6. The highest BCUT2D eigenvalue weighted by molar-refractivity contribution is 5.77. The zero-order chi connectivity index (χ0) is 22.4. The number of benzene rings is 2. The largest absolute Gasteiger partial charge is 0.504 e. The number of nitrogens with zero attached hydrogens (tertiary/aromatic N) is 2. The van der Waals surface area contributed by atoms with Gasteiger partial charge in [0.1, 0.15) is 6.61 Å². The Labute approximate surface area is 185 Å². The van der Waals surface area contributed by atoms with E-state index in [9.17, 15) is 9.90 Å². The first-order chi connectivity index (χ1) is 14.9. The van der Waals surface area contributed by atoms with Crippen molar-refractivity contribution in [1.29, 1.82) is 0 Å². The number of aromatic hydroxyl groups is 1. The molecule has 6 nitrogen and oxygen atoms in total. The lowest BCUT2D eigenvalue weighted by molar-refractivity contribution is -0.137. The molecule has 1 N–H and O–H groups in total. The maximum absolute atomic E-state index is 12.6. The number of phenols is 1. The lowest BCUT2D eigenvalue weighted by atomic mass is 9.88. The van der Waals surface area contributed by atoms with Gasteiger partial charge in [-0.15, -0.1) is 0 Å². The van der Waals surface area contributed by atoms with E-state index in [2.05, 4.69) is 43.0 Å². The molecule has 1 heterocycles. The van der Waals surface area contributed by atoms with Gasteiger partial charge in [-0.2, -0.15) is 0 Å². The molecular formula is C25H34N2O4. The van der Waals surface area contributed by atoms with Crippen molar-refractivity contribution in [1.82, 2.24) is 9.80 Å². The molecule has 6 heteroatoms. The molecule has 2 unspecified atom stereocenters. The van der Waals surface area contributed by atoms with E-state index >= 15 is 0 Å². The highest BCUT2D eigenvalue weighted by atomic mass is 16.5. The van der Waals surface area contributed by atoms with Crippen LogP contribution in [0.25, 0.3) is 0 Å². The number of amides is 1. The van der Waals surface area contributed by atoms with Gasteiger partial charge in [-0.05, 0) is 43.0 Å². The van der Waals surface area contributed by atoms with Crippen LogP contribution >= 0.6 is 0 Å². The number of rotatable bonds is 9. The lowest BCUT2D eigenvalue weighted by Crippen LogP contribution is -2.43. The van der Waals surface area contributed by atoms with Crippen LogP contribution in [0.15, 0.2) is 48.5 Å². The fraction of sp³-hybridized carbons (Fsp3) is 0.480. The highest BCUT2D eigenvalue weighted by Crippen LogP contribution is 2.35. The van der Waals surface area contributed by atoms with Crippen LogP contribution < -0.4 is 4.74 Å². The maximum Gasteiger partial charge on any atom is 0.248 e. The predicted molar refractivity (Wildman–Crippen MR) is 121 cm³/mol. The molecule has 2 aromatic carbocycles. The molecule has 2 atom stereocenters. The summed E-state index contributed by atoms with van der Waals surface area (Å²) in [5.41, 5.74) is 2.40. The molecule has 168 valence electrons. The van der Waals surface area contributed by atoms with Gasteiger partial charge in [0, 0.05) is 45.2 Å². The summed E-state index contributed by atoms with van der Waals surface area (Å²) in [6, 6.07) is 16.2. The first-order valence-electron chi connectivity index (χ1n) is 10.8. The molecule has 0 saturated carbocycles. The summed E-state index contributed by atoms with van der Waals surface area (Å²) in [7, 11) is 3.13.